The van der Waals surface area contributed by atoms with Crippen molar-refractivity contribution < 1.29 is 14.7 Å². The summed E-state index contributed by atoms with van der Waals surface area (Å²) >= 11 is 0. The molecule has 5 nitrogen and oxygen atoms in total. The third-order valence-corrected chi connectivity index (χ3v) is 4.03. The number of hydrogen-bond acceptors (Lipinski definition) is 3. The highest BCUT2D eigenvalue weighted by atomic mass is 16.3. The van der Waals surface area contributed by atoms with Crippen LogP contribution < -0.4 is 5.32 Å². The SMILES string of the molecule is O=C(NCCCCCO)C(=O)N(Cc1ccccc1)Cc1ccccc1. The van der Waals surface area contributed by atoms with Gasteiger partial charge in [-0.3, -0.25) is 9.59 Å². The Labute approximate surface area is 154 Å². The van der Waals surface area contributed by atoms with Gasteiger partial charge < -0.3 is 15.3 Å². The molecule has 0 aliphatic heterocycles. The number of nitrogens with zero attached hydrogens (tertiary/aromatic N) is 1. The average Bonchev–Trinajstić information content (AvgIpc) is 2.68. The Morgan fingerprint density at radius 2 is 1.35 bits per heavy atom. The molecule has 2 rings (SSSR count). The predicted molar refractivity (Wildman–Crippen MR) is 101 cm³/mol. The first-order valence-corrected chi connectivity index (χ1v) is 8.96. The Bertz CT molecular complexity index is 633. The lowest BCUT2D eigenvalue weighted by molar-refractivity contribution is -0.146. The van der Waals surface area contributed by atoms with Gasteiger partial charge in [0.1, 0.15) is 0 Å². The highest BCUT2D eigenvalue weighted by molar-refractivity contribution is 6.34. The summed E-state index contributed by atoms with van der Waals surface area (Å²) in [5.74, 6) is -1.11. The van der Waals surface area contributed by atoms with Crippen molar-refractivity contribution in [3.8, 4) is 0 Å². The van der Waals surface area contributed by atoms with Crippen LogP contribution in [0.5, 0.6) is 0 Å². The molecule has 0 atom stereocenters. The zero-order valence-corrected chi connectivity index (χ0v) is 14.9. The summed E-state index contributed by atoms with van der Waals surface area (Å²) in [6.07, 6.45) is 2.28. The summed E-state index contributed by atoms with van der Waals surface area (Å²) in [6.45, 7) is 1.35. The van der Waals surface area contributed by atoms with Gasteiger partial charge in [0.25, 0.3) is 0 Å². The van der Waals surface area contributed by atoms with Crippen LogP contribution in [0.25, 0.3) is 0 Å². The molecule has 138 valence electrons. The Hall–Kier alpha value is -2.66. The number of carbonyl (C=O) groups is 2. The summed E-state index contributed by atoms with van der Waals surface area (Å²) in [5, 5.41) is 11.4. The quantitative estimate of drug-likeness (QED) is 0.537. The van der Waals surface area contributed by atoms with Gasteiger partial charge in [-0.2, -0.15) is 0 Å². The maximum Gasteiger partial charge on any atom is 0.312 e. The maximum absolute atomic E-state index is 12.6. The molecule has 0 aliphatic rings. The standard InChI is InChI=1S/C21H26N2O3/c24-15-9-3-8-14-22-20(25)21(26)23(16-18-10-4-1-5-11-18)17-19-12-6-2-7-13-19/h1-2,4-7,10-13,24H,3,8-9,14-17H2,(H,22,25). The van der Waals surface area contributed by atoms with Gasteiger partial charge in [0, 0.05) is 26.2 Å². The van der Waals surface area contributed by atoms with Crippen LogP contribution >= 0.6 is 0 Å². The Kier molecular flexibility index (Phi) is 8.36. The molecule has 0 bridgehead atoms. The number of nitrogens with one attached hydrogen (secondary N) is 1. The molecular formula is C21H26N2O3. The molecule has 2 N–H and O–H groups in total. The number of aliphatic hydroxyl groups excluding tert-OH is 1. The van der Waals surface area contributed by atoms with Gasteiger partial charge >= 0.3 is 11.8 Å². The van der Waals surface area contributed by atoms with Gasteiger partial charge in [-0.1, -0.05) is 60.7 Å². The topological polar surface area (TPSA) is 69.6 Å². The van der Waals surface area contributed by atoms with Crippen LogP contribution in [0, 0.1) is 0 Å². The number of hydrogen-bond donors (Lipinski definition) is 2. The minimum atomic E-state index is -0.583. The number of aliphatic hydroxyl groups is 1. The molecule has 0 radical (unpaired) electrons. The minimum Gasteiger partial charge on any atom is -0.396 e. The third-order valence-electron chi connectivity index (χ3n) is 4.03. The summed E-state index contributed by atoms with van der Waals surface area (Å²) in [5.41, 5.74) is 1.96. The third kappa shape index (κ3) is 6.69. The summed E-state index contributed by atoms with van der Waals surface area (Å²) < 4.78 is 0. The van der Waals surface area contributed by atoms with E-state index in [0.29, 0.717) is 26.1 Å². The molecule has 26 heavy (non-hydrogen) atoms. The van der Waals surface area contributed by atoms with Crippen LogP contribution in [0.4, 0.5) is 0 Å². The normalized spacial score (nSPS) is 10.3. The van der Waals surface area contributed by atoms with Crippen molar-refractivity contribution in [1.29, 1.82) is 0 Å². The minimum absolute atomic E-state index is 0.148. The maximum atomic E-state index is 12.6. The van der Waals surface area contributed by atoms with Crippen LogP contribution in [0.3, 0.4) is 0 Å². The van der Waals surface area contributed by atoms with Crippen molar-refractivity contribution >= 4 is 11.8 Å². The Morgan fingerprint density at radius 3 is 1.85 bits per heavy atom. The zero-order valence-electron chi connectivity index (χ0n) is 14.9. The molecule has 2 aromatic carbocycles. The van der Waals surface area contributed by atoms with E-state index in [1.807, 2.05) is 60.7 Å². The van der Waals surface area contributed by atoms with Crippen molar-refractivity contribution in [2.24, 2.45) is 0 Å². The molecule has 5 heteroatoms. The zero-order chi connectivity index (χ0) is 18.6. The molecule has 0 unspecified atom stereocenters. The monoisotopic (exact) mass is 354 g/mol. The van der Waals surface area contributed by atoms with Crippen LogP contribution in [0.2, 0.25) is 0 Å². The lowest BCUT2D eigenvalue weighted by Gasteiger charge is -2.22. The van der Waals surface area contributed by atoms with Gasteiger partial charge in [-0.25, -0.2) is 0 Å². The summed E-state index contributed by atoms with van der Waals surface area (Å²) in [7, 11) is 0. The fourth-order valence-corrected chi connectivity index (χ4v) is 2.64. The van der Waals surface area contributed by atoms with Crippen molar-refractivity contribution in [2.75, 3.05) is 13.2 Å². The number of unbranched alkanes of at least 4 members (excludes halogenated alkanes) is 2. The number of carbonyl (C=O) groups excluding carboxylic acids is 2. The molecule has 0 saturated heterocycles. The number of benzene rings is 2. The molecular weight excluding hydrogens is 328 g/mol. The van der Waals surface area contributed by atoms with Gasteiger partial charge in [0.2, 0.25) is 0 Å². The largest absolute Gasteiger partial charge is 0.396 e. The van der Waals surface area contributed by atoms with E-state index in [0.717, 1.165) is 24.0 Å². The van der Waals surface area contributed by atoms with Crippen molar-refractivity contribution in [1.82, 2.24) is 10.2 Å². The fraction of sp³-hybridized carbons (Fsp3) is 0.333. The van der Waals surface area contributed by atoms with E-state index >= 15 is 0 Å². The molecule has 0 aliphatic carbocycles. The van der Waals surface area contributed by atoms with E-state index in [1.165, 1.54) is 0 Å². The number of amides is 2. The highest BCUT2D eigenvalue weighted by Crippen LogP contribution is 2.10. The first kappa shape index (κ1) is 19.7. The molecule has 2 amide bonds. The lowest BCUT2D eigenvalue weighted by Crippen LogP contribution is -2.42. The molecule has 0 saturated carbocycles. The van der Waals surface area contributed by atoms with Gasteiger partial charge in [-0.15, -0.1) is 0 Å². The first-order valence-electron chi connectivity index (χ1n) is 8.96. The Morgan fingerprint density at radius 1 is 0.808 bits per heavy atom. The smallest absolute Gasteiger partial charge is 0.312 e. The summed E-state index contributed by atoms with van der Waals surface area (Å²) in [4.78, 5) is 26.5. The second-order valence-corrected chi connectivity index (χ2v) is 6.17. The second kappa shape index (κ2) is 11.1. The van der Waals surface area contributed by atoms with E-state index in [9.17, 15) is 9.59 Å². The molecule has 0 heterocycles. The molecule has 0 spiro atoms. The number of rotatable bonds is 9. The van der Waals surface area contributed by atoms with E-state index in [4.69, 9.17) is 5.11 Å². The molecule has 0 fully saturated rings. The van der Waals surface area contributed by atoms with Gasteiger partial charge in [0.05, 0.1) is 0 Å². The first-order chi connectivity index (χ1) is 12.7. The van der Waals surface area contributed by atoms with E-state index in [2.05, 4.69) is 5.32 Å². The van der Waals surface area contributed by atoms with E-state index < -0.39 is 11.8 Å². The highest BCUT2D eigenvalue weighted by Gasteiger charge is 2.21. The molecule has 0 aromatic heterocycles. The van der Waals surface area contributed by atoms with Gasteiger partial charge in [0.15, 0.2) is 0 Å². The van der Waals surface area contributed by atoms with Crippen LogP contribution in [0.15, 0.2) is 60.7 Å². The lowest BCUT2D eigenvalue weighted by atomic mass is 10.1. The van der Waals surface area contributed by atoms with Crippen LogP contribution in [0.1, 0.15) is 30.4 Å². The van der Waals surface area contributed by atoms with Crippen molar-refractivity contribution in [3.05, 3.63) is 71.8 Å². The predicted octanol–water partition coefficient (Wildman–Crippen LogP) is 2.49. The van der Waals surface area contributed by atoms with Crippen LogP contribution in [-0.2, 0) is 22.7 Å². The fourth-order valence-electron chi connectivity index (χ4n) is 2.64. The Balaban J connectivity index is 1.99. The second-order valence-electron chi connectivity index (χ2n) is 6.17. The molecule has 2 aromatic rings. The van der Waals surface area contributed by atoms with Gasteiger partial charge in [-0.05, 0) is 30.4 Å². The van der Waals surface area contributed by atoms with E-state index in [-0.39, 0.29) is 6.61 Å². The van der Waals surface area contributed by atoms with Crippen LogP contribution in [-0.4, -0.2) is 35.0 Å². The average molecular weight is 354 g/mol. The van der Waals surface area contributed by atoms with E-state index in [1.54, 1.807) is 4.90 Å². The summed E-state index contributed by atoms with van der Waals surface area (Å²) in [6, 6.07) is 19.3. The van der Waals surface area contributed by atoms with Crippen molar-refractivity contribution in [2.45, 2.75) is 32.4 Å². The van der Waals surface area contributed by atoms with Crippen molar-refractivity contribution in [3.63, 3.8) is 0 Å².